The zero-order valence-electron chi connectivity index (χ0n) is 22.4. The number of methoxy groups -OCH3 is 4. The third kappa shape index (κ3) is 5.51. The Bertz CT molecular complexity index is 1400. The summed E-state index contributed by atoms with van der Waals surface area (Å²) in [5.41, 5.74) is 3.25. The Balaban J connectivity index is 1.92. The number of hydrogen-bond acceptors (Lipinski definition) is 8. The molecule has 0 radical (unpaired) electrons. The largest absolute Gasteiger partial charge is 0.493 e. The average molecular weight is 520 g/mol. The SMILES string of the molecule is CCOC(=O)c1c(CCCCn2ccnc2)nc2cc(OC)c(OC)cc2c1-c1ccc(OC)c(OC)c1. The van der Waals surface area contributed by atoms with Crippen LogP contribution in [0.2, 0.25) is 0 Å². The summed E-state index contributed by atoms with van der Waals surface area (Å²) in [4.78, 5) is 22.5. The predicted octanol–water partition coefficient (Wildman–Crippen LogP) is 5.33. The van der Waals surface area contributed by atoms with Gasteiger partial charge in [-0.1, -0.05) is 6.07 Å². The zero-order valence-corrected chi connectivity index (χ0v) is 22.4. The summed E-state index contributed by atoms with van der Waals surface area (Å²) in [6.07, 6.45) is 7.81. The van der Waals surface area contributed by atoms with Crippen LogP contribution in [0.1, 0.15) is 35.8 Å². The quantitative estimate of drug-likeness (QED) is 0.183. The van der Waals surface area contributed by atoms with Gasteiger partial charge in [-0.2, -0.15) is 0 Å². The molecule has 0 aliphatic heterocycles. The Kier molecular flexibility index (Phi) is 8.68. The predicted molar refractivity (Wildman–Crippen MR) is 145 cm³/mol. The van der Waals surface area contributed by atoms with Crippen LogP contribution >= 0.6 is 0 Å². The molecule has 4 aromatic rings. The summed E-state index contributed by atoms with van der Waals surface area (Å²) >= 11 is 0. The third-order valence-corrected chi connectivity index (χ3v) is 6.36. The second-order valence-electron chi connectivity index (χ2n) is 8.58. The normalized spacial score (nSPS) is 10.9. The molecule has 2 aromatic heterocycles. The van der Waals surface area contributed by atoms with E-state index in [1.165, 1.54) is 0 Å². The monoisotopic (exact) mass is 519 g/mol. The molecule has 4 rings (SSSR count). The molecule has 0 unspecified atom stereocenters. The molecule has 0 fully saturated rings. The van der Waals surface area contributed by atoms with Crippen molar-refractivity contribution in [2.24, 2.45) is 0 Å². The van der Waals surface area contributed by atoms with Crippen molar-refractivity contribution in [3.05, 3.63) is 60.3 Å². The number of hydrogen-bond donors (Lipinski definition) is 0. The topological polar surface area (TPSA) is 93.9 Å². The molecule has 200 valence electrons. The van der Waals surface area contributed by atoms with E-state index < -0.39 is 5.97 Å². The molecule has 0 aliphatic rings. The fraction of sp³-hybridized carbons (Fsp3) is 0.345. The standard InChI is InChI=1S/C29H33N3O6/c1-6-38-29(33)28-21(9-7-8-13-32-14-12-30-18-32)31-22-17-26(37-5)25(36-4)16-20(22)27(28)19-10-11-23(34-2)24(15-19)35-3/h10-12,14-18H,6-9,13H2,1-5H3. The van der Waals surface area contributed by atoms with Gasteiger partial charge < -0.3 is 28.3 Å². The Morgan fingerprint density at radius 1 is 0.895 bits per heavy atom. The molecular weight excluding hydrogens is 486 g/mol. The lowest BCUT2D eigenvalue weighted by Gasteiger charge is -2.19. The molecule has 0 bridgehead atoms. The summed E-state index contributed by atoms with van der Waals surface area (Å²) in [5, 5.41) is 0.736. The smallest absolute Gasteiger partial charge is 0.340 e. The second kappa shape index (κ2) is 12.3. The van der Waals surface area contributed by atoms with Crippen LogP contribution in [-0.4, -0.2) is 55.6 Å². The number of pyridine rings is 1. The Morgan fingerprint density at radius 3 is 2.26 bits per heavy atom. The van der Waals surface area contributed by atoms with Crippen molar-refractivity contribution in [3.63, 3.8) is 0 Å². The number of aromatic nitrogens is 3. The molecule has 0 aliphatic carbocycles. The Hall–Kier alpha value is -4.27. The maximum absolute atomic E-state index is 13.5. The first-order valence-corrected chi connectivity index (χ1v) is 12.5. The number of fused-ring (bicyclic) bond motifs is 1. The molecule has 9 nitrogen and oxygen atoms in total. The first kappa shape index (κ1) is 26.8. The molecule has 38 heavy (non-hydrogen) atoms. The van der Waals surface area contributed by atoms with E-state index >= 15 is 0 Å². The van der Waals surface area contributed by atoms with Crippen molar-refractivity contribution in [2.45, 2.75) is 32.7 Å². The van der Waals surface area contributed by atoms with Crippen LogP contribution in [0.4, 0.5) is 0 Å². The van der Waals surface area contributed by atoms with Gasteiger partial charge in [0.15, 0.2) is 23.0 Å². The second-order valence-corrected chi connectivity index (χ2v) is 8.58. The van der Waals surface area contributed by atoms with Crippen molar-refractivity contribution in [2.75, 3.05) is 35.0 Å². The molecule has 2 heterocycles. The minimum Gasteiger partial charge on any atom is -0.493 e. The van der Waals surface area contributed by atoms with E-state index in [1.807, 2.05) is 41.1 Å². The molecule has 0 spiro atoms. The lowest BCUT2D eigenvalue weighted by atomic mass is 9.92. The fourth-order valence-electron chi connectivity index (χ4n) is 4.54. The van der Waals surface area contributed by atoms with Gasteiger partial charge in [0.25, 0.3) is 0 Å². The maximum atomic E-state index is 13.5. The summed E-state index contributed by atoms with van der Waals surface area (Å²) in [5.74, 6) is 1.80. The molecule has 0 saturated carbocycles. The van der Waals surface area contributed by atoms with Crippen molar-refractivity contribution in [3.8, 4) is 34.1 Å². The van der Waals surface area contributed by atoms with Crippen LogP contribution in [0.15, 0.2) is 49.1 Å². The van der Waals surface area contributed by atoms with Crippen LogP contribution in [0.5, 0.6) is 23.0 Å². The van der Waals surface area contributed by atoms with Gasteiger partial charge in [-0.05, 0) is 49.9 Å². The van der Waals surface area contributed by atoms with Gasteiger partial charge in [-0.25, -0.2) is 9.78 Å². The number of imidazole rings is 1. The number of ether oxygens (including phenoxy) is 5. The number of carbonyl (C=O) groups is 1. The number of esters is 1. The van der Waals surface area contributed by atoms with Gasteiger partial charge in [0.1, 0.15) is 0 Å². The highest BCUT2D eigenvalue weighted by molar-refractivity contribution is 6.08. The summed E-state index contributed by atoms with van der Waals surface area (Å²) in [7, 11) is 6.33. The van der Waals surface area contributed by atoms with Gasteiger partial charge in [-0.15, -0.1) is 0 Å². The maximum Gasteiger partial charge on any atom is 0.340 e. The van der Waals surface area contributed by atoms with Crippen molar-refractivity contribution in [1.29, 1.82) is 0 Å². The van der Waals surface area contributed by atoms with E-state index in [0.717, 1.165) is 30.3 Å². The van der Waals surface area contributed by atoms with Gasteiger partial charge in [0.2, 0.25) is 0 Å². The molecule has 0 saturated heterocycles. The van der Waals surface area contributed by atoms with E-state index in [2.05, 4.69) is 4.98 Å². The van der Waals surface area contributed by atoms with E-state index in [-0.39, 0.29) is 6.61 Å². The van der Waals surface area contributed by atoms with Gasteiger partial charge >= 0.3 is 5.97 Å². The lowest BCUT2D eigenvalue weighted by molar-refractivity contribution is 0.0525. The van der Waals surface area contributed by atoms with Gasteiger partial charge in [0.05, 0.1) is 58.1 Å². The highest BCUT2D eigenvalue weighted by atomic mass is 16.5. The Labute approximate surface area is 222 Å². The van der Waals surface area contributed by atoms with E-state index in [0.29, 0.717) is 51.8 Å². The molecule has 0 N–H and O–H groups in total. The molecule has 0 amide bonds. The number of aryl methyl sites for hydroxylation is 2. The fourth-order valence-corrected chi connectivity index (χ4v) is 4.54. The van der Waals surface area contributed by atoms with E-state index in [9.17, 15) is 4.79 Å². The molecule has 0 atom stereocenters. The van der Waals surface area contributed by atoms with Crippen LogP contribution in [0.25, 0.3) is 22.0 Å². The molecule has 2 aromatic carbocycles. The Morgan fingerprint density at radius 2 is 1.61 bits per heavy atom. The molecule has 9 heteroatoms. The van der Waals surface area contributed by atoms with Crippen LogP contribution in [0.3, 0.4) is 0 Å². The minimum atomic E-state index is -0.425. The zero-order chi connectivity index (χ0) is 27.1. The highest BCUT2D eigenvalue weighted by Gasteiger charge is 2.25. The number of nitrogens with zero attached hydrogens (tertiary/aromatic N) is 3. The number of benzene rings is 2. The third-order valence-electron chi connectivity index (χ3n) is 6.36. The summed E-state index contributed by atoms with van der Waals surface area (Å²) < 4.78 is 29.7. The van der Waals surface area contributed by atoms with Crippen LogP contribution in [-0.2, 0) is 17.7 Å². The average Bonchev–Trinajstić information content (AvgIpc) is 3.47. The first-order chi connectivity index (χ1) is 18.5. The highest BCUT2D eigenvalue weighted by Crippen LogP contribution is 2.42. The number of rotatable bonds is 12. The van der Waals surface area contributed by atoms with E-state index in [1.54, 1.807) is 47.9 Å². The van der Waals surface area contributed by atoms with Gasteiger partial charge in [-0.3, -0.25) is 4.98 Å². The number of unbranched alkanes of at least 4 members (excludes halogenated alkanes) is 1. The van der Waals surface area contributed by atoms with Crippen molar-refractivity contribution < 1.29 is 28.5 Å². The summed E-state index contributed by atoms with van der Waals surface area (Å²) in [6, 6.07) is 9.26. The van der Waals surface area contributed by atoms with Crippen molar-refractivity contribution >= 4 is 16.9 Å². The first-order valence-electron chi connectivity index (χ1n) is 12.5. The van der Waals surface area contributed by atoms with Crippen molar-refractivity contribution in [1.82, 2.24) is 14.5 Å². The summed E-state index contributed by atoms with van der Waals surface area (Å²) in [6.45, 7) is 2.87. The van der Waals surface area contributed by atoms with Crippen LogP contribution < -0.4 is 18.9 Å². The van der Waals surface area contributed by atoms with Gasteiger partial charge in [0, 0.05) is 36.0 Å². The van der Waals surface area contributed by atoms with Crippen LogP contribution in [0, 0.1) is 0 Å². The lowest BCUT2D eigenvalue weighted by Crippen LogP contribution is -2.13. The van der Waals surface area contributed by atoms with E-state index in [4.69, 9.17) is 28.7 Å². The molecular formula is C29H33N3O6. The number of carbonyl (C=O) groups excluding carboxylic acids is 1. The minimum absolute atomic E-state index is 0.244.